The highest BCUT2D eigenvalue weighted by Gasteiger charge is 2.38. The number of rotatable bonds is 3. The van der Waals surface area contributed by atoms with Gasteiger partial charge in [-0.05, 0) is 65.1 Å². The van der Waals surface area contributed by atoms with Gasteiger partial charge in [-0.2, -0.15) is 0 Å². The van der Waals surface area contributed by atoms with Crippen LogP contribution in [0.4, 0.5) is 11.4 Å². The van der Waals surface area contributed by atoms with E-state index in [2.05, 4.69) is 156 Å². The average molecular weight is 501 g/mol. The molecule has 2 heteroatoms. The van der Waals surface area contributed by atoms with Crippen molar-refractivity contribution >= 4 is 38.8 Å². The topological polar surface area (TPSA) is 8.17 Å². The molecular weight excluding hydrogens is 472 g/mol. The van der Waals surface area contributed by atoms with Crippen LogP contribution in [-0.4, -0.2) is 10.6 Å². The van der Waals surface area contributed by atoms with E-state index in [1.165, 1.54) is 61.1 Å². The van der Waals surface area contributed by atoms with Crippen LogP contribution in [0.5, 0.6) is 0 Å². The van der Waals surface area contributed by atoms with Crippen molar-refractivity contribution in [3.8, 4) is 16.8 Å². The van der Waals surface area contributed by atoms with Crippen LogP contribution in [0.2, 0.25) is 0 Å². The summed E-state index contributed by atoms with van der Waals surface area (Å²) in [7, 11) is 0. The van der Waals surface area contributed by atoms with Crippen molar-refractivity contribution in [2.24, 2.45) is 5.92 Å². The maximum Gasteiger partial charge on any atom is 0.0658 e. The molecule has 1 aliphatic carbocycles. The number of aromatic nitrogens is 1. The van der Waals surface area contributed by atoms with Crippen molar-refractivity contribution in [2.75, 3.05) is 4.90 Å². The second-order valence-electron chi connectivity index (χ2n) is 10.7. The third-order valence-corrected chi connectivity index (χ3v) is 8.40. The lowest BCUT2D eigenvalue weighted by atomic mass is 9.88. The molecule has 0 radical (unpaired) electrons. The van der Waals surface area contributed by atoms with Crippen molar-refractivity contribution < 1.29 is 0 Å². The summed E-state index contributed by atoms with van der Waals surface area (Å²) in [5.74, 6) is 0.430. The zero-order valence-electron chi connectivity index (χ0n) is 21.8. The summed E-state index contributed by atoms with van der Waals surface area (Å²) in [6.07, 6.45) is 6.84. The van der Waals surface area contributed by atoms with Crippen molar-refractivity contribution in [3.63, 3.8) is 0 Å². The van der Waals surface area contributed by atoms with Crippen LogP contribution in [0.15, 0.2) is 140 Å². The van der Waals surface area contributed by atoms with E-state index < -0.39 is 0 Å². The Morgan fingerprint density at radius 1 is 0.590 bits per heavy atom. The van der Waals surface area contributed by atoms with E-state index in [0.29, 0.717) is 12.0 Å². The summed E-state index contributed by atoms with van der Waals surface area (Å²) in [6, 6.07) is 44.5. The molecule has 5 aromatic carbocycles. The second-order valence-corrected chi connectivity index (χ2v) is 10.7. The van der Waals surface area contributed by atoms with Crippen LogP contribution in [-0.2, 0) is 0 Å². The highest BCUT2D eigenvalue weighted by molar-refractivity contribution is 6.09. The van der Waals surface area contributed by atoms with E-state index in [0.717, 1.165) is 0 Å². The number of allylic oxidation sites excluding steroid dienone is 2. The zero-order chi connectivity index (χ0) is 25.9. The molecular formula is C37H28N2. The van der Waals surface area contributed by atoms with Gasteiger partial charge < -0.3 is 9.47 Å². The fourth-order valence-electron chi connectivity index (χ4n) is 6.68. The molecule has 0 bridgehead atoms. The van der Waals surface area contributed by atoms with E-state index in [9.17, 15) is 0 Å². The molecule has 186 valence electrons. The van der Waals surface area contributed by atoms with Gasteiger partial charge in [0.1, 0.15) is 0 Å². The Morgan fingerprint density at radius 2 is 1.21 bits per heavy atom. The first kappa shape index (κ1) is 22.2. The molecule has 2 aliphatic rings. The van der Waals surface area contributed by atoms with Gasteiger partial charge >= 0.3 is 0 Å². The molecule has 2 nitrogen and oxygen atoms in total. The van der Waals surface area contributed by atoms with Gasteiger partial charge in [0.05, 0.1) is 17.1 Å². The highest BCUT2D eigenvalue weighted by atomic mass is 15.2. The highest BCUT2D eigenvalue weighted by Crippen LogP contribution is 2.49. The summed E-state index contributed by atoms with van der Waals surface area (Å²) in [6.45, 7) is 2.33. The van der Waals surface area contributed by atoms with E-state index in [1.807, 2.05) is 0 Å². The Balaban J connectivity index is 1.26. The lowest BCUT2D eigenvalue weighted by Crippen LogP contribution is -2.33. The van der Waals surface area contributed by atoms with Gasteiger partial charge in [-0.25, -0.2) is 0 Å². The van der Waals surface area contributed by atoms with Gasteiger partial charge in [-0.3, -0.25) is 0 Å². The molecule has 2 heterocycles. The van der Waals surface area contributed by atoms with Crippen molar-refractivity contribution in [1.29, 1.82) is 0 Å². The Kier molecular flexibility index (Phi) is 4.90. The Hall–Kier alpha value is -4.82. The zero-order valence-corrected chi connectivity index (χ0v) is 21.8. The molecule has 0 fully saturated rings. The molecule has 1 aromatic heterocycles. The van der Waals surface area contributed by atoms with Gasteiger partial charge in [0.25, 0.3) is 0 Å². The fourth-order valence-corrected chi connectivity index (χ4v) is 6.68. The summed E-state index contributed by atoms with van der Waals surface area (Å²) < 4.78 is 2.39. The number of hydrogen-bond acceptors (Lipinski definition) is 1. The number of fused-ring (bicyclic) bond motifs is 6. The SMILES string of the molecule is CC1C=CC=C2c3ccccc3N(c3cccc(-c4cccc(-n5c6ccccc6c6ccccc65)c4)c3)C21. The summed E-state index contributed by atoms with van der Waals surface area (Å²) in [4.78, 5) is 2.54. The molecule has 39 heavy (non-hydrogen) atoms. The van der Waals surface area contributed by atoms with Crippen LogP contribution < -0.4 is 4.90 Å². The maximum atomic E-state index is 2.54. The first-order chi connectivity index (χ1) is 19.3. The number of benzene rings is 5. The van der Waals surface area contributed by atoms with Crippen molar-refractivity contribution in [1.82, 2.24) is 4.57 Å². The van der Waals surface area contributed by atoms with E-state index in [4.69, 9.17) is 0 Å². The smallest absolute Gasteiger partial charge is 0.0658 e. The van der Waals surface area contributed by atoms with Crippen LogP contribution >= 0.6 is 0 Å². The summed E-state index contributed by atoms with van der Waals surface area (Å²) in [5.41, 5.74) is 11.4. The molecule has 2 unspecified atom stereocenters. The normalized spacial score (nSPS) is 17.9. The average Bonchev–Trinajstić information content (AvgIpc) is 3.52. The number of nitrogens with zero attached hydrogens (tertiary/aromatic N) is 2. The van der Waals surface area contributed by atoms with Gasteiger partial charge in [-0.1, -0.05) is 104 Å². The van der Waals surface area contributed by atoms with E-state index in [1.54, 1.807) is 0 Å². The standard InChI is InChI=1S/C37H28N2/c1-25-11-8-19-33-32-18-4-7-22-36(32)39(37(25)33)29-15-10-13-27(24-29)26-12-9-14-28(23-26)38-34-20-5-2-16-30(34)31-17-3-6-21-35(31)38/h2-25,37H,1H3. The Morgan fingerprint density at radius 3 is 1.95 bits per heavy atom. The molecule has 0 saturated carbocycles. The van der Waals surface area contributed by atoms with Gasteiger partial charge in [0.2, 0.25) is 0 Å². The first-order valence-electron chi connectivity index (χ1n) is 13.7. The van der Waals surface area contributed by atoms with Crippen LogP contribution in [0, 0.1) is 5.92 Å². The third-order valence-electron chi connectivity index (χ3n) is 8.40. The number of anilines is 2. The molecule has 0 spiro atoms. The summed E-state index contributed by atoms with van der Waals surface area (Å²) >= 11 is 0. The predicted molar refractivity (Wildman–Crippen MR) is 165 cm³/mol. The van der Waals surface area contributed by atoms with E-state index >= 15 is 0 Å². The second kappa shape index (κ2) is 8.61. The summed E-state index contributed by atoms with van der Waals surface area (Å²) in [5, 5.41) is 2.57. The minimum atomic E-state index is 0.312. The van der Waals surface area contributed by atoms with Crippen molar-refractivity contribution in [3.05, 3.63) is 145 Å². The molecule has 0 saturated heterocycles. The lowest BCUT2D eigenvalue weighted by Gasteiger charge is -2.33. The number of para-hydroxylation sites is 3. The first-order valence-corrected chi connectivity index (χ1v) is 13.7. The molecule has 8 rings (SSSR count). The maximum absolute atomic E-state index is 2.54. The van der Waals surface area contributed by atoms with E-state index in [-0.39, 0.29) is 0 Å². The van der Waals surface area contributed by atoms with Crippen LogP contribution in [0.25, 0.3) is 44.2 Å². The minimum absolute atomic E-state index is 0.312. The third kappa shape index (κ3) is 3.35. The lowest BCUT2D eigenvalue weighted by molar-refractivity contribution is 0.637. The van der Waals surface area contributed by atoms with Gasteiger partial charge in [0, 0.05) is 33.4 Å². The van der Waals surface area contributed by atoms with Crippen LogP contribution in [0.3, 0.4) is 0 Å². The monoisotopic (exact) mass is 500 g/mol. The Bertz CT molecular complexity index is 1900. The van der Waals surface area contributed by atoms with Gasteiger partial charge in [-0.15, -0.1) is 0 Å². The molecule has 6 aromatic rings. The molecule has 2 atom stereocenters. The van der Waals surface area contributed by atoms with Crippen LogP contribution in [0.1, 0.15) is 12.5 Å². The Labute approximate surface area is 228 Å². The molecule has 0 amide bonds. The fraction of sp³-hybridized carbons (Fsp3) is 0.0811. The molecule has 1 aliphatic heterocycles. The predicted octanol–water partition coefficient (Wildman–Crippen LogP) is 9.56. The number of hydrogen-bond donors (Lipinski definition) is 0. The quantitative estimate of drug-likeness (QED) is 0.235. The largest absolute Gasteiger partial charge is 0.333 e. The molecule has 0 N–H and O–H groups in total. The van der Waals surface area contributed by atoms with Crippen molar-refractivity contribution in [2.45, 2.75) is 13.0 Å². The minimum Gasteiger partial charge on any atom is -0.333 e. The van der Waals surface area contributed by atoms with Gasteiger partial charge in [0.15, 0.2) is 0 Å².